The molecule has 0 N–H and O–H groups in total. The van der Waals surface area contributed by atoms with E-state index in [1.807, 2.05) is 54.6 Å². The molecule has 0 saturated heterocycles. The van der Waals surface area contributed by atoms with Crippen molar-refractivity contribution in [2.75, 3.05) is 9.80 Å². The van der Waals surface area contributed by atoms with Crippen molar-refractivity contribution < 1.29 is 19.2 Å². The number of aromatic nitrogens is 2. The summed E-state index contributed by atoms with van der Waals surface area (Å²) in [6.45, 7) is 14.2. The van der Waals surface area contributed by atoms with Crippen LogP contribution in [0.5, 0.6) is 0 Å². The summed E-state index contributed by atoms with van der Waals surface area (Å²) in [5, 5.41) is 10.4. The second-order valence-corrected chi connectivity index (χ2v) is 32.4. The maximum Gasteiger partial charge on any atom is 0.252 e. The summed E-state index contributed by atoms with van der Waals surface area (Å²) < 4.78 is 139. The number of anilines is 6. The lowest BCUT2D eigenvalue weighted by Crippen LogP contribution is -2.61. The standard InChI is InChI=1S/C110H69BN6/c1-108(2,3)71-60-103-107-104(61-71)117(100-44-24-40-92-106(100)84-59-70(68-27-9-6-10-28-68)47-52-90(84)110(92)87-37-19-13-31-77(87)78-32-14-20-38-88(78)110)102-64-74(115-96-42-22-16-34-80(96)82-62-72(113-4)48-56-98(82)115)50-54-94(102)111(107)93-53-49-73(114-95-41-21-15-33-79(95)81-57-66(65-112)45-55-97(81)114)63-101(93)116(103)99-43-23-39-91-105(99)83-58-69(67-25-7-5-8-26-67)46-51-89(83)109(91)85-35-17-11-29-75(85)76-30-12-18-36-86(76)109/h5-64H,1-3H3/i15D,16D,21D,22D,33D,34D,41D,42D,45D,48D,55D,56D,57D,62D. The van der Waals surface area contributed by atoms with Crippen LogP contribution in [0.4, 0.5) is 39.8 Å². The zero-order valence-corrected chi connectivity index (χ0v) is 63.3. The number of fused-ring (bicyclic) bond motifs is 30. The molecule has 2 spiro atoms. The van der Waals surface area contributed by atoms with E-state index in [1.54, 1.807) is 9.13 Å². The van der Waals surface area contributed by atoms with Crippen molar-refractivity contribution >= 4 is 107 Å². The highest BCUT2D eigenvalue weighted by Gasteiger charge is 2.56. The first-order chi connectivity index (χ1) is 63.4. The first kappa shape index (κ1) is 53.1. The highest BCUT2D eigenvalue weighted by molar-refractivity contribution is 7.00. The number of nitrogens with zero attached hydrogens (tertiary/aromatic N) is 6. The van der Waals surface area contributed by atoms with E-state index in [4.69, 9.17) is 6.57 Å². The van der Waals surface area contributed by atoms with Crippen LogP contribution in [0, 0.1) is 17.9 Å². The monoisotopic (exact) mass is 1500 g/mol. The largest absolute Gasteiger partial charge is 0.311 e. The van der Waals surface area contributed by atoms with Crippen molar-refractivity contribution in [2.24, 2.45) is 0 Å². The smallest absolute Gasteiger partial charge is 0.252 e. The Hall–Kier alpha value is -15.0. The highest BCUT2D eigenvalue weighted by Crippen LogP contribution is 2.68. The molecule has 4 aliphatic carbocycles. The molecule has 0 fully saturated rings. The molecule has 0 unspecified atom stereocenters. The van der Waals surface area contributed by atoms with Gasteiger partial charge in [0.25, 0.3) is 6.71 Å². The molecule has 7 heteroatoms. The molecule has 0 atom stereocenters. The van der Waals surface area contributed by atoms with Gasteiger partial charge in [-0.1, -0.05) is 281 Å². The van der Waals surface area contributed by atoms with E-state index in [1.165, 1.54) is 0 Å². The van der Waals surface area contributed by atoms with Gasteiger partial charge in [-0.25, -0.2) is 4.85 Å². The topological polar surface area (TPSA) is 44.5 Å². The highest BCUT2D eigenvalue weighted by atomic mass is 15.2. The maximum atomic E-state index is 10.8. The third-order valence-corrected chi connectivity index (χ3v) is 25.8. The van der Waals surface area contributed by atoms with Crippen LogP contribution in [0.15, 0.2) is 364 Å². The number of rotatable bonds is 6. The van der Waals surface area contributed by atoms with Gasteiger partial charge >= 0.3 is 0 Å². The molecule has 0 saturated carbocycles. The average molecular weight is 1500 g/mol. The molecule has 2 aromatic heterocycles. The summed E-state index contributed by atoms with van der Waals surface area (Å²) in [6, 6.07) is 93.7. The van der Waals surface area contributed by atoms with Crippen LogP contribution in [0.2, 0.25) is 0 Å². The van der Waals surface area contributed by atoms with E-state index in [9.17, 15) is 24.5 Å². The fourth-order valence-corrected chi connectivity index (χ4v) is 21.2. The Morgan fingerprint density at radius 1 is 0.359 bits per heavy atom. The minimum atomic E-state index is -0.898. The second kappa shape index (κ2) is 23.8. The van der Waals surface area contributed by atoms with Crippen LogP contribution >= 0.6 is 0 Å². The van der Waals surface area contributed by atoms with Crippen LogP contribution in [-0.4, -0.2) is 15.8 Å². The van der Waals surface area contributed by atoms with Crippen LogP contribution in [0.25, 0.3) is 127 Å². The van der Waals surface area contributed by atoms with Crippen molar-refractivity contribution in [3.63, 3.8) is 0 Å². The Morgan fingerprint density at radius 3 is 1.22 bits per heavy atom. The van der Waals surface area contributed by atoms with Gasteiger partial charge in [0.1, 0.15) is 0 Å². The van der Waals surface area contributed by atoms with Gasteiger partial charge in [-0.3, -0.25) is 0 Å². The van der Waals surface area contributed by atoms with Crippen molar-refractivity contribution in [3.05, 3.63) is 431 Å². The molecule has 6 aliphatic rings. The van der Waals surface area contributed by atoms with E-state index in [-0.39, 0.29) is 43.6 Å². The maximum absolute atomic E-state index is 10.8. The van der Waals surface area contributed by atoms with Gasteiger partial charge in [0, 0.05) is 64.2 Å². The molecule has 0 amide bonds. The minimum Gasteiger partial charge on any atom is -0.311 e. The predicted molar refractivity (Wildman–Crippen MR) is 482 cm³/mol. The Labute approximate surface area is 698 Å². The van der Waals surface area contributed by atoms with Crippen molar-refractivity contribution in [1.29, 1.82) is 5.26 Å². The van der Waals surface area contributed by atoms with Crippen LogP contribution in [0.3, 0.4) is 0 Å². The summed E-state index contributed by atoms with van der Waals surface area (Å²) in [5.74, 6) is 0. The van der Waals surface area contributed by atoms with Gasteiger partial charge in [-0.05, 0) is 236 Å². The summed E-state index contributed by atoms with van der Waals surface area (Å²) in [7, 11) is 0. The number of hydrogen-bond acceptors (Lipinski definition) is 3. The number of benzene rings is 17. The molecule has 19 aromatic rings. The number of para-hydroxylation sites is 2. The quantitative estimate of drug-likeness (QED) is 0.123. The van der Waals surface area contributed by atoms with Crippen molar-refractivity contribution in [1.82, 2.24) is 9.13 Å². The molecular formula is C110H69BN6. The molecule has 2 aliphatic heterocycles. The normalized spacial score (nSPS) is 15.7. The van der Waals surface area contributed by atoms with Gasteiger partial charge in [0.15, 0.2) is 5.69 Å². The van der Waals surface area contributed by atoms with Crippen LogP contribution in [0.1, 0.15) is 95.6 Å². The summed E-state index contributed by atoms with van der Waals surface area (Å²) in [4.78, 5) is 8.36. The predicted octanol–water partition coefficient (Wildman–Crippen LogP) is 25.7. The molecule has 0 bridgehead atoms. The summed E-state index contributed by atoms with van der Waals surface area (Å²) >= 11 is 0. The summed E-state index contributed by atoms with van der Waals surface area (Å²) in [5.41, 5.74) is 25.4. The fraction of sp³-hybridized carbons (Fsp3) is 0.0545. The third-order valence-electron chi connectivity index (χ3n) is 25.8. The Bertz CT molecular complexity index is 8080. The average Bonchev–Trinajstić information content (AvgIpc) is 1.48. The van der Waals surface area contributed by atoms with E-state index in [2.05, 4.69) is 266 Å². The minimum absolute atomic E-state index is 0.0619. The lowest BCUT2D eigenvalue weighted by Gasteiger charge is -2.46. The molecule has 4 heterocycles. The molecule has 25 rings (SSSR count). The first-order valence-electron chi connectivity index (χ1n) is 46.4. The zero-order chi connectivity index (χ0) is 89.7. The lowest BCUT2D eigenvalue weighted by molar-refractivity contribution is 0.590. The van der Waals surface area contributed by atoms with Crippen LogP contribution < -0.4 is 26.2 Å². The van der Waals surface area contributed by atoms with Crippen molar-refractivity contribution in [3.8, 4) is 84.2 Å². The zero-order valence-electron chi connectivity index (χ0n) is 77.3. The number of hydrogen-bond donors (Lipinski definition) is 0. The Kier molecular flexibility index (Phi) is 10.8. The molecule has 6 nitrogen and oxygen atoms in total. The van der Waals surface area contributed by atoms with Crippen LogP contribution in [-0.2, 0) is 16.2 Å². The van der Waals surface area contributed by atoms with Gasteiger partial charge in [-0.2, -0.15) is 5.26 Å². The molecular weight excluding hydrogens is 1420 g/mol. The summed E-state index contributed by atoms with van der Waals surface area (Å²) in [6.07, 6.45) is 0. The fourth-order valence-electron chi connectivity index (χ4n) is 21.2. The first-order valence-corrected chi connectivity index (χ1v) is 39.4. The molecule has 117 heavy (non-hydrogen) atoms. The van der Waals surface area contributed by atoms with Gasteiger partial charge < -0.3 is 18.9 Å². The molecule has 17 aromatic carbocycles. The molecule has 542 valence electrons. The van der Waals surface area contributed by atoms with Gasteiger partial charge in [0.2, 0.25) is 0 Å². The van der Waals surface area contributed by atoms with E-state index in [0.29, 0.717) is 22.7 Å². The Balaban J connectivity index is 0.862. The second-order valence-electron chi connectivity index (χ2n) is 32.4. The lowest BCUT2D eigenvalue weighted by atomic mass is 9.33. The van der Waals surface area contributed by atoms with E-state index in [0.717, 1.165) is 156 Å². The van der Waals surface area contributed by atoms with Crippen molar-refractivity contribution in [2.45, 2.75) is 37.0 Å². The number of nitriles is 1. The van der Waals surface area contributed by atoms with Gasteiger partial charge in [-0.15, -0.1) is 0 Å². The van der Waals surface area contributed by atoms with Gasteiger partial charge in [0.05, 0.1) is 78.9 Å². The van der Waals surface area contributed by atoms with E-state index >= 15 is 0 Å². The molecule has 0 radical (unpaired) electrons. The Morgan fingerprint density at radius 2 is 0.769 bits per heavy atom. The van der Waals surface area contributed by atoms with E-state index < -0.39 is 119 Å². The SMILES string of the molecule is [2H]c1c([2H])c([2H])c2c(c1[2H])c1c([2H])c(C#N)c([2H])c([2H])c1n2-c1ccc2c(c1)N(c1cccc3c1-c1cc(-c4ccccc4)ccc1C31c3ccccc3-c3ccccc31)c1cc(C(C)(C)C)cc3c1B2c1ccc(-n2c4c([2H])c([2H])c([2H])c([2H])c4c4c([2H])c([N+]#[C-])c([2H])c([2H])c42)cc1N3c1cccc2c1-c1cc(-c3ccccc3)ccc1C21c2ccccc2-c2ccccc21. The third kappa shape index (κ3) is 8.61.